The average molecular weight is 115 g/mol. The molecule has 0 aliphatic heterocycles. The van der Waals surface area contributed by atoms with Gasteiger partial charge in [0.1, 0.15) is 6.10 Å². The maximum absolute atomic E-state index is 10.3. The summed E-state index contributed by atoms with van der Waals surface area (Å²) in [5.74, 6) is -0.173. The van der Waals surface area contributed by atoms with Crippen LogP contribution in [0.3, 0.4) is 0 Å². The van der Waals surface area contributed by atoms with E-state index in [9.17, 15) is 4.79 Å². The molecule has 1 radical (unpaired) electrons. The van der Waals surface area contributed by atoms with Crippen LogP contribution in [-0.2, 0) is 4.79 Å². The quantitative estimate of drug-likeness (QED) is 0.583. The number of ketones is 1. The standard InChI is InChI=1S/C6H11O2/c1-3-4-6(8)5(2)7/h6,8H,1,3-4H2,2H3. The van der Waals surface area contributed by atoms with E-state index in [1.165, 1.54) is 6.92 Å². The first-order chi connectivity index (χ1) is 3.68. The molecule has 0 saturated heterocycles. The fourth-order valence-corrected chi connectivity index (χ4v) is 0.397. The fraction of sp³-hybridized carbons (Fsp3) is 0.667. The van der Waals surface area contributed by atoms with Crippen molar-refractivity contribution in [2.24, 2.45) is 0 Å². The van der Waals surface area contributed by atoms with E-state index in [2.05, 4.69) is 6.92 Å². The Morgan fingerprint density at radius 1 is 1.88 bits per heavy atom. The second-order valence-electron chi connectivity index (χ2n) is 1.77. The number of rotatable bonds is 3. The smallest absolute Gasteiger partial charge is 0.158 e. The highest BCUT2D eigenvalue weighted by molar-refractivity contribution is 5.79. The van der Waals surface area contributed by atoms with E-state index in [1.807, 2.05) is 0 Å². The van der Waals surface area contributed by atoms with E-state index in [-0.39, 0.29) is 5.78 Å². The highest BCUT2D eigenvalue weighted by atomic mass is 16.3. The van der Waals surface area contributed by atoms with E-state index in [4.69, 9.17) is 5.11 Å². The Kier molecular flexibility index (Phi) is 3.44. The van der Waals surface area contributed by atoms with Crippen molar-refractivity contribution < 1.29 is 9.90 Å². The second-order valence-corrected chi connectivity index (χ2v) is 1.77. The SMILES string of the molecule is [CH2]CCC(O)C(C)=O. The minimum atomic E-state index is -0.785. The minimum Gasteiger partial charge on any atom is -0.385 e. The van der Waals surface area contributed by atoms with Gasteiger partial charge in [0.05, 0.1) is 0 Å². The van der Waals surface area contributed by atoms with Crippen LogP contribution in [-0.4, -0.2) is 17.0 Å². The maximum atomic E-state index is 10.3. The maximum Gasteiger partial charge on any atom is 0.158 e. The van der Waals surface area contributed by atoms with Crippen LogP contribution in [0.15, 0.2) is 0 Å². The van der Waals surface area contributed by atoms with E-state index in [0.717, 1.165) is 0 Å². The zero-order valence-electron chi connectivity index (χ0n) is 5.05. The molecule has 1 unspecified atom stereocenters. The number of carbonyl (C=O) groups is 1. The normalized spacial score (nSPS) is 13.4. The number of hydrogen-bond acceptors (Lipinski definition) is 2. The Labute approximate surface area is 49.5 Å². The van der Waals surface area contributed by atoms with Crippen LogP contribution in [0.1, 0.15) is 19.8 Å². The van der Waals surface area contributed by atoms with Gasteiger partial charge in [0.2, 0.25) is 0 Å². The molecule has 0 aliphatic carbocycles. The van der Waals surface area contributed by atoms with Gasteiger partial charge >= 0.3 is 0 Å². The highest BCUT2D eigenvalue weighted by Gasteiger charge is 2.05. The molecular formula is C6H11O2. The predicted molar refractivity (Wildman–Crippen MR) is 31.3 cm³/mol. The molecule has 1 atom stereocenters. The Hall–Kier alpha value is -0.370. The lowest BCUT2D eigenvalue weighted by molar-refractivity contribution is -0.125. The molecule has 0 rings (SSSR count). The Morgan fingerprint density at radius 3 is 2.50 bits per heavy atom. The summed E-state index contributed by atoms with van der Waals surface area (Å²) in [4.78, 5) is 10.3. The van der Waals surface area contributed by atoms with Gasteiger partial charge in [-0.1, -0.05) is 13.3 Å². The Balaban J connectivity index is 3.32. The molecule has 8 heavy (non-hydrogen) atoms. The third kappa shape index (κ3) is 2.75. The van der Waals surface area contributed by atoms with Crippen LogP contribution < -0.4 is 0 Å². The first kappa shape index (κ1) is 7.63. The van der Waals surface area contributed by atoms with Crippen molar-refractivity contribution in [2.75, 3.05) is 0 Å². The van der Waals surface area contributed by atoms with E-state index < -0.39 is 6.10 Å². The molecule has 0 fully saturated rings. The molecule has 0 saturated carbocycles. The molecule has 0 spiro atoms. The molecule has 0 aromatic rings. The molecule has 0 aromatic carbocycles. The van der Waals surface area contributed by atoms with Crippen molar-refractivity contribution in [3.8, 4) is 0 Å². The number of aliphatic hydroxyl groups excluding tert-OH is 1. The van der Waals surface area contributed by atoms with Gasteiger partial charge in [0.25, 0.3) is 0 Å². The summed E-state index contributed by atoms with van der Waals surface area (Å²) in [6, 6.07) is 0. The third-order valence-corrected chi connectivity index (χ3v) is 0.947. The number of aliphatic hydroxyl groups is 1. The van der Waals surface area contributed by atoms with Crippen LogP contribution in [0, 0.1) is 6.92 Å². The largest absolute Gasteiger partial charge is 0.385 e. The van der Waals surface area contributed by atoms with Crippen molar-refractivity contribution in [1.29, 1.82) is 0 Å². The fourth-order valence-electron chi connectivity index (χ4n) is 0.397. The molecule has 0 heterocycles. The molecular weight excluding hydrogens is 104 g/mol. The molecule has 2 nitrogen and oxygen atoms in total. The monoisotopic (exact) mass is 115 g/mol. The second kappa shape index (κ2) is 3.61. The zero-order chi connectivity index (χ0) is 6.57. The molecule has 0 amide bonds. The summed E-state index contributed by atoms with van der Waals surface area (Å²) in [6.07, 6.45) is 0.309. The first-order valence-corrected chi connectivity index (χ1v) is 2.66. The summed E-state index contributed by atoms with van der Waals surface area (Å²) in [5, 5.41) is 8.74. The van der Waals surface area contributed by atoms with E-state index >= 15 is 0 Å². The van der Waals surface area contributed by atoms with Gasteiger partial charge in [-0.2, -0.15) is 0 Å². The van der Waals surface area contributed by atoms with Crippen LogP contribution >= 0.6 is 0 Å². The molecule has 0 aromatic heterocycles. The van der Waals surface area contributed by atoms with Gasteiger partial charge in [-0.15, -0.1) is 0 Å². The first-order valence-electron chi connectivity index (χ1n) is 2.66. The third-order valence-electron chi connectivity index (χ3n) is 0.947. The summed E-state index contributed by atoms with van der Waals surface area (Å²) >= 11 is 0. The van der Waals surface area contributed by atoms with Crippen molar-refractivity contribution in [2.45, 2.75) is 25.9 Å². The van der Waals surface area contributed by atoms with Gasteiger partial charge in [0, 0.05) is 0 Å². The van der Waals surface area contributed by atoms with Gasteiger partial charge in [-0.05, 0) is 13.3 Å². The molecule has 2 heteroatoms. The van der Waals surface area contributed by atoms with Crippen LogP contribution in [0.4, 0.5) is 0 Å². The van der Waals surface area contributed by atoms with Crippen molar-refractivity contribution in [3.63, 3.8) is 0 Å². The molecule has 0 aliphatic rings. The Morgan fingerprint density at radius 2 is 2.38 bits per heavy atom. The predicted octanol–water partition coefficient (Wildman–Crippen LogP) is 0.551. The van der Waals surface area contributed by atoms with E-state index in [1.54, 1.807) is 0 Å². The van der Waals surface area contributed by atoms with E-state index in [0.29, 0.717) is 12.8 Å². The number of Topliss-reactive ketones (excluding diaryl/α,β-unsaturated/α-hetero) is 1. The molecule has 47 valence electrons. The Bertz CT molecular complexity index is 78.6. The lowest BCUT2D eigenvalue weighted by atomic mass is 10.1. The molecule has 0 bridgehead atoms. The lowest BCUT2D eigenvalue weighted by Crippen LogP contribution is -2.15. The van der Waals surface area contributed by atoms with Crippen molar-refractivity contribution >= 4 is 5.78 Å². The highest BCUT2D eigenvalue weighted by Crippen LogP contribution is 1.95. The summed E-state index contributed by atoms with van der Waals surface area (Å²) in [7, 11) is 0. The van der Waals surface area contributed by atoms with Gasteiger partial charge in [0.15, 0.2) is 5.78 Å². The van der Waals surface area contributed by atoms with Gasteiger partial charge < -0.3 is 5.11 Å². The van der Waals surface area contributed by atoms with Crippen LogP contribution in [0.25, 0.3) is 0 Å². The minimum absolute atomic E-state index is 0.173. The zero-order valence-corrected chi connectivity index (χ0v) is 5.05. The summed E-state index contributed by atoms with van der Waals surface area (Å²) in [6.45, 7) is 4.87. The van der Waals surface area contributed by atoms with Crippen LogP contribution in [0.5, 0.6) is 0 Å². The van der Waals surface area contributed by atoms with Gasteiger partial charge in [-0.25, -0.2) is 0 Å². The van der Waals surface area contributed by atoms with Crippen molar-refractivity contribution in [1.82, 2.24) is 0 Å². The summed E-state index contributed by atoms with van der Waals surface area (Å²) < 4.78 is 0. The topological polar surface area (TPSA) is 37.3 Å². The van der Waals surface area contributed by atoms with Crippen LogP contribution in [0.2, 0.25) is 0 Å². The lowest BCUT2D eigenvalue weighted by Gasteiger charge is -2.01. The van der Waals surface area contributed by atoms with Crippen molar-refractivity contribution in [3.05, 3.63) is 6.92 Å². The average Bonchev–Trinajstić information content (AvgIpc) is 1.67. The number of hydrogen-bond donors (Lipinski definition) is 1. The van der Waals surface area contributed by atoms with Gasteiger partial charge in [-0.3, -0.25) is 4.79 Å². The molecule has 1 N–H and O–H groups in total. The number of carbonyl (C=O) groups excluding carboxylic acids is 1. The summed E-state index contributed by atoms with van der Waals surface area (Å²) in [5.41, 5.74) is 0.